The summed E-state index contributed by atoms with van der Waals surface area (Å²) in [6.07, 6.45) is 0. The number of amides is 1. The topological polar surface area (TPSA) is 41.1 Å². The Labute approximate surface area is 183 Å². The van der Waals surface area contributed by atoms with Crippen LogP contribution in [0, 0.1) is 0 Å². The van der Waals surface area contributed by atoms with Gasteiger partial charge in [-0.1, -0.05) is 109 Å². The standard InChI is InChI=1S/C28H26N2O/c1-21(29-27(23-15-7-3-8-16-23)24-17-9-4-10-18-24)28(31)30-26-20-12-11-19-25(26)22-13-5-2-6-14-22/h2-21,27,29H,1H3,(H,30,31)/t21-/m0/s1. The van der Waals surface area contributed by atoms with E-state index in [0.717, 1.165) is 27.9 Å². The van der Waals surface area contributed by atoms with E-state index in [1.165, 1.54) is 0 Å². The van der Waals surface area contributed by atoms with E-state index in [-0.39, 0.29) is 11.9 Å². The number of carbonyl (C=O) groups is 1. The van der Waals surface area contributed by atoms with Crippen LogP contribution >= 0.6 is 0 Å². The summed E-state index contributed by atoms with van der Waals surface area (Å²) in [6, 6.07) is 37.9. The minimum Gasteiger partial charge on any atom is -0.324 e. The summed E-state index contributed by atoms with van der Waals surface area (Å²) in [4.78, 5) is 13.1. The van der Waals surface area contributed by atoms with E-state index in [9.17, 15) is 4.79 Å². The van der Waals surface area contributed by atoms with Crippen LogP contribution in [0.5, 0.6) is 0 Å². The first-order valence-electron chi connectivity index (χ1n) is 10.5. The fourth-order valence-electron chi connectivity index (χ4n) is 3.70. The maximum atomic E-state index is 13.1. The van der Waals surface area contributed by atoms with Gasteiger partial charge in [0.25, 0.3) is 0 Å². The molecule has 31 heavy (non-hydrogen) atoms. The molecule has 2 N–H and O–H groups in total. The quantitative estimate of drug-likeness (QED) is 0.392. The van der Waals surface area contributed by atoms with E-state index >= 15 is 0 Å². The Bertz CT molecular complexity index is 1070. The summed E-state index contributed by atoms with van der Waals surface area (Å²) in [5.41, 5.74) is 5.14. The molecule has 0 fully saturated rings. The van der Waals surface area contributed by atoms with Crippen LogP contribution in [0.1, 0.15) is 24.1 Å². The van der Waals surface area contributed by atoms with Crippen molar-refractivity contribution in [3.05, 3.63) is 126 Å². The molecule has 0 bridgehead atoms. The van der Waals surface area contributed by atoms with Crippen LogP contribution in [-0.2, 0) is 4.79 Å². The molecule has 3 heteroatoms. The minimum absolute atomic E-state index is 0.0692. The minimum atomic E-state index is -0.394. The summed E-state index contributed by atoms with van der Waals surface area (Å²) in [6.45, 7) is 1.90. The first-order chi connectivity index (χ1) is 15.2. The monoisotopic (exact) mass is 406 g/mol. The van der Waals surface area contributed by atoms with Gasteiger partial charge in [-0.05, 0) is 29.7 Å². The molecule has 0 radical (unpaired) electrons. The fraction of sp³-hybridized carbons (Fsp3) is 0.107. The normalized spacial score (nSPS) is 11.8. The van der Waals surface area contributed by atoms with E-state index in [0.29, 0.717) is 0 Å². The second-order valence-corrected chi connectivity index (χ2v) is 7.54. The van der Waals surface area contributed by atoms with Crippen molar-refractivity contribution in [2.75, 3.05) is 5.32 Å². The van der Waals surface area contributed by atoms with Crippen LogP contribution in [0.25, 0.3) is 11.1 Å². The third-order valence-electron chi connectivity index (χ3n) is 5.35. The zero-order chi connectivity index (χ0) is 21.5. The molecule has 0 aliphatic carbocycles. The van der Waals surface area contributed by atoms with Gasteiger partial charge in [0, 0.05) is 11.3 Å². The fourth-order valence-corrected chi connectivity index (χ4v) is 3.70. The largest absolute Gasteiger partial charge is 0.324 e. The molecule has 0 saturated carbocycles. The molecule has 0 aromatic heterocycles. The highest BCUT2D eigenvalue weighted by Crippen LogP contribution is 2.28. The van der Waals surface area contributed by atoms with E-state index in [2.05, 4.69) is 34.9 Å². The number of hydrogen-bond acceptors (Lipinski definition) is 2. The van der Waals surface area contributed by atoms with Crippen LogP contribution in [0.3, 0.4) is 0 Å². The summed E-state index contributed by atoms with van der Waals surface area (Å²) >= 11 is 0. The van der Waals surface area contributed by atoms with Crippen LogP contribution in [0.15, 0.2) is 115 Å². The predicted octanol–water partition coefficient (Wildman–Crippen LogP) is 6.06. The lowest BCUT2D eigenvalue weighted by molar-refractivity contribution is -0.117. The average Bonchev–Trinajstić information content (AvgIpc) is 2.84. The van der Waals surface area contributed by atoms with Gasteiger partial charge in [0.2, 0.25) is 5.91 Å². The highest BCUT2D eigenvalue weighted by atomic mass is 16.2. The van der Waals surface area contributed by atoms with Crippen LogP contribution in [-0.4, -0.2) is 11.9 Å². The molecule has 0 aliphatic rings. The Morgan fingerprint density at radius 2 is 1.13 bits per heavy atom. The number of anilines is 1. The highest BCUT2D eigenvalue weighted by molar-refractivity contribution is 5.98. The molecule has 3 nitrogen and oxygen atoms in total. The Hall–Kier alpha value is -3.69. The molecule has 0 heterocycles. The molecule has 4 aromatic carbocycles. The van der Waals surface area contributed by atoms with Crippen molar-refractivity contribution in [1.82, 2.24) is 5.32 Å². The first kappa shape index (κ1) is 20.6. The van der Waals surface area contributed by atoms with E-state index in [1.807, 2.05) is 97.9 Å². The zero-order valence-corrected chi connectivity index (χ0v) is 17.5. The van der Waals surface area contributed by atoms with E-state index in [1.54, 1.807) is 0 Å². The predicted molar refractivity (Wildman–Crippen MR) is 128 cm³/mol. The lowest BCUT2D eigenvalue weighted by Crippen LogP contribution is -2.40. The maximum absolute atomic E-state index is 13.1. The van der Waals surface area contributed by atoms with Crippen molar-refractivity contribution >= 4 is 11.6 Å². The third kappa shape index (κ3) is 5.08. The van der Waals surface area contributed by atoms with Gasteiger partial charge in [0.05, 0.1) is 12.1 Å². The number of rotatable bonds is 7. The van der Waals surface area contributed by atoms with E-state index < -0.39 is 6.04 Å². The van der Waals surface area contributed by atoms with Crippen molar-refractivity contribution in [2.24, 2.45) is 0 Å². The highest BCUT2D eigenvalue weighted by Gasteiger charge is 2.21. The Morgan fingerprint density at radius 1 is 0.645 bits per heavy atom. The van der Waals surface area contributed by atoms with Gasteiger partial charge in [-0.15, -0.1) is 0 Å². The SMILES string of the molecule is C[C@H](NC(c1ccccc1)c1ccccc1)C(=O)Nc1ccccc1-c1ccccc1. The number of carbonyl (C=O) groups excluding carboxylic acids is 1. The summed E-state index contributed by atoms with van der Waals surface area (Å²) in [5.74, 6) is -0.0692. The Kier molecular flexibility index (Phi) is 6.56. The molecule has 4 aromatic rings. The first-order valence-corrected chi connectivity index (χ1v) is 10.5. The number of para-hydroxylation sites is 1. The number of nitrogens with one attached hydrogen (secondary N) is 2. The smallest absolute Gasteiger partial charge is 0.241 e. The second kappa shape index (κ2) is 9.88. The van der Waals surface area contributed by atoms with Crippen molar-refractivity contribution in [3.8, 4) is 11.1 Å². The Morgan fingerprint density at radius 3 is 1.71 bits per heavy atom. The average molecular weight is 407 g/mol. The number of benzene rings is 4. The van der Waals surface area contributed by atoms with Crippen molar-refractivity contribution < 1.29 is 4.79 Å². The Balaban J connectivity index is 1.54. The lowest BCUT2D eigenvalue weighted by Gasteiger charge is -2.24. The van der Waals surface area contributed by atoms with Gasteiger partial charge in [-0.3, -0.25) is 10.1 Å². The molecular weight excluding hydrogens is 380 g/mol. The summed E-state index contributed by atoms with van der Waals surface area (Å²) in [5, 5.41) is 6.63. The molecule has 0 spiro atoms. The van der Waals surface area contributed by atoms with Crippen LogP contribution < -0.4 is 10.6 Å². The number of hydrogen-bond donors (Lipinski definition) is 2. The van der Waals surface area contributed by atoms with Gasteiger partial charge in [0.15, 0.2) is 0 Å². The molecule has 0 saturated heterocycles. The van der Waals surface area contributed by atoms with Crippen LogP contribution in [0.4, 0.5) is 5.69 Å². The molecule has 4 rings (SSSR count). The van der Waals surface area contributed by atoms with E-state index in [4.69, 9.17) is 0 Å². The van der Waals surface area contributed by atoms with Crippen molar-refractivity contribution in [3.63, 3.8) is 0 Å². The molecule has 1 atom stereocenters. The summed E-state index contributed by atoms with van der Waals surface area (Å²) < 4.78 is 0. The molecule has 154 valence electrons. The lowest BCUT2D eigenvalue weighted by atomic mass is 9.98. The summed E-state index contributed by atoms with van der Waals surface area (Å²) in [7, 11) is 0. The molecular formula is C28H26N2O. The van der Waals surface area contributed by atoms with Crippen LogP contribution in [0.2, 0.25) is 0 Å². The van der Waals surface area contributed by atoms with Gasteiger partial charge >= 0.3 is 0 Å². The second-order valence-electron chi connectivity index (χ2n) is 7.54. The zero-order valence-electron chi connectivity index (χ0n) is 17.5. The molecule has 0 unspecified atom stereocenters. The maximum Gasteiger partial charge on any atom is 0.241 e. The van der Waals surface area contributed by atoms with Gasteiger partial charge in [-0.2, -0.15) is 0 Å². The van der Waals surface area contributed by atoms with Gasteiger partial charge < -0.3 is 5.32 Å². The van der Waals surface area contributed by atoms with Gasteiger partial charge in [0.1, 0.15) is 0 Å². The molecule has 1 amide bonds. The third-order valence-corrected chi connectivity index (χ3v) is 5.35. The van der Waals surface area contributed by atoms with Gasteiger partial charge in [-0.25, -0.2) is 0 Å². The van der Waals surface area contributed by atoms with Crippen molar-refractivity contribution in [1.29, 1.82) is 0 Å². The molecule has 0 aliphatic heterocycles. The van der Waals surface area contributed by atoms with Crippen molar-refractivity contribution in [2.45, 2.75) is 19.0 Å².